The van der Waals surface area contributed by atoms with Gasteiger partial charge in [-0.05, 0) is 0 Å². The van der Waals surface area contributed by atoms with Gasteiger partial charge in [-0.25, -0.2) is 4.79 Å². The first-order valence-corrected chi connectivity index (χ1v) is 3.17. The fraction of sp³-hybridized carbons (Fsp3) is 0.167. The minimum Gasteiger partial charge on any atom is -0.369 e. The second-order valence-electron chi connectivity index (χ2n) is 1.74. The number of nitrogens with two attached hydrogens (primary N) is 4. The molecule has 0 unspecified atom stereocenters. The Morgan fingerprint density at radius 1 is 0.867 bits per heavy atom. The van der Waals surface area contributed by atoms with Crippen molar-refractivity contribution in [1.29, 1.82) is 10.5 Å². The third-order valence-corrected chi connectivity index (χ3v) is 0.398. The maximum Gasteiger partial charge on any atom is 0.309 e. The van der Waals surface area contributed by atoms with E-state index in [1.54, 1.807) is 0 Å². The van der Waals surface area contributed by atoms with Gasteiger partial charge in [0, 0.05) is 0 Å². The highest BCUT2D eigenvalue weighted by Gasteiger charge is 1.96. The van der Waals surface area contributed by atoms with E-state index in [1.165, 1.54) is 12.1 Å². The van der Waals surface area contributed by atoms with Gasteiger partial charge in [0.05, 0.1) is 0 Å². The van der Waals surface area contributed by atoms with E-state index < -0.39 is 17.8 Å². The van der Waals surface area contributed by atoms with Crippen molar-refractivity contribution < 1.29 is 14.4 Å². The first-order chi connectivity index (χ1) is 6.77. The Morgan fingerprint density at radius 2 is 1.07 bits per heavy atom. The van der Waals surface area contributed by atoms with Gasteiger partial charge < -0.3 is 22.9 Å². The van der Waals surface area contributed by atoms with E-state index in [0.717, 1.165) is 0 Å². The number of carbonyl (C=O) groups is 3. The van der Waals surface area contributed by atoms with E-state index >= 15 is 0 Å². The molecule has 4 amide bonds. The maximum absolute atomic E-state index is 9.73. The van der Waals surface area contributed by atoms with Gasteiger partial charge in [-0.1, -0.05) is 0 Å². The van der Waals surface area contributed by atoms with Crippen LogP contribution in [0.3, 0.4) is 0 Å². The summed E-state index contributed by atoms with van der Waals surface area (Å²) in [5, 5.41) is 14.5. The average Bonchev–Trinajstić information content (AvgIpc) is 2.01. The highest BCUT2D eigenvalue weighted by atomic mass is 16.2. The van der Waals surface area contributed by atoms with Crippen molar-refractivity contribution in [2.24, 2.45) is 22.9 Å². The zero-order valence-electron chi connectivity index (χ0n) is 7.64. The molecular weight excluding hydrogens is 204 g/mol. The summed E-state index contributed by atoms with van der Waals surface area (Å²) >= 11 is 0. The van der Waals surface area contributed by atoms with Crippen LogP contribution in [0, 0.1) is 22.7 Å². The second-order valence-corrected chi connectivity index (χ2v) is 1.74. The maximum atomic E-state index is 9.73. The van der Waals surface area contributed by atoms with Crippen LogP contribution in [-0.2, 0) is 9.59 Å². The van der Waals surface area contributed by atoms with Gasteiger partial charge in [-0.3, -0.25) is 9.59 Å². The molecule has 0 saturated carbocycles. The van der Waals surface area contributed by atoms with Crippen molar-refractivity contribution in [3.8, 4) is 12.1 Å². The van der Waals surface area contributed by atoms with Crippen LogP contribution in [0.15, 0.2) is 0 Å². The van der Waals surface area contributed by atoms with Crippen molar-refractivity contribution >= 4 is 17.8 Å². The van der Waals surface area contributed by atoms with Gasteiger partial charge in [0.15, 0.2) is 12.1 Å². The lowest BCUT2D eigenvalue weighted by Crippen LogP contribution is -2.21. The van der Waals surface area contributed by atoms with Gasteiger partial charge in [0.25, 0.3) is 0 Å². The summed E-state index contributed by atoms with van der Waals surface area (Å²) in [5.74, 6) is -1.37. The van der Waals surface area contributed by atoms with Crippen molar-refractivity contribution in [3.05, 3.63) is 0 Å². The van der Waals surface area contributed by atoms with Crippen molar-refractivity contribution in [1.82, 2.24) is 0 Å². The van der Waals surface area contributed by atoms with Crippen LogP contribution in [-0.4, -0.2) is 17.8 Å². The first kappa shape index (κ1) is 18.1. The van der Waals surface area contributed by atoms with Crippen LogP contribution in [0.2, 0.25) is 0 Å². The summed E-state index contributed by atoms with van der Waals surface area (Å²) in [6.07, 6.45) is -0.361. The number of urea groups is 1. The Bertz CT molecular complexity index is 271. The minimum atomic E-state index is -0.833. The Hall–Kier alpha value is -2.81. The second kappa shape index (κ2) is 13.8. The van der Waals surface area contributed by atoms with Crippen LogP contribution < -0.4 is 22.9 Å². The molecule has 9 heteroatoms. The fourth-order valence-corrected chi connectivity index (χ4v) is 0.172. The Labute approximate surface area is 85.2 Å². The summed E-state index contributed by atoms with van der Waals surface area (Å²) < 4.78 is 0. The zero-order chi connectivity index (χ0) is 12.9. The molecule has 0 saturated heterocycles. The number of nitrogens with zero attached hydrogens (tertiary/aromatic N) is 2. The van der Waals surface area contributed by atoms with Crippen molar-refractivity contribution in [2.75, 3.05) is 0 Å². The van der Waals surface area contributed by atoms with Gasteiger partial charge in [0.2, 0.25) is 11.8 Å². The predicted octanol–water partition coefficient (Wildman–Crippen LogP) is -2.60. The molecule has 9 nitrogen and oxygen atoms in total. The molecule has 0 aliphatic carbocycles. The largest absolute Gasteiger partial charge is 0.369 e. The number of hydrogen-bond acceptors (Lipinski definition) is 5. The van der Waals surface area contributed by atoms with Crippen molar-refractivity contribution in [2.45, 2.75) is 6.42 Å². The van der Waals surface area contributed by atoms with Gasteiger partial charge in [0.1, 0.15) is 6.42 Å². The van der Waals surface area contributed by atoms with Crippen LogP contribution in [0.4, 0.5) is 4.79 Å². The molecule has 0 rings (SSSR count). The number of amides is 4. The third-order valence-electron chi connectivity index (χ3n) is 0.398. The fourth-order valence-electron chi connectivity index (χ4n) is 0.172. The Balaban J connectivity index is -0.000000155. The van der Waals surface area contributed by atoms with Crippen LogP contribution in [0.1, 0.15) is 6.42 Å². The van der Waals surface area contributed by atoms with E-state index in [-0.39, 0.29) is 6.42 Å². The Kier molecular flexibility index (Phi) is 16.6. The molecule has 8 N–H and O–H groups in total. The lowest BCUT2D eigenvalue weighted by atomic mass is 10.4. The van der Waals surface area contributed by atoms with E-state index in [0.29, 0.717) is 0 Å². The molecule has 0 bridgehead atoms. The zero-order valence-corrected chi connectivity index (χ0v) is 7.64. The molecule has 0 radical (unpaired) electrons. The quantitative estimate of drug-likeness (QED) is 0.364. The summed E-state index contributed by atoms with van der Waals surface area (Å²) in [6, 6.07) is 1.64. The molecule has 82 valence electrons. The lowest BCUT2D eigenvalue weighted by Gasteiger charge is -1.82. The number of nitriles is 2. The predicted molar refractivity (Wildman–Crippen MR) is 48.0 cm³/mol. The summed E-state index contributed by atoms with van der Waals surface area (Å²) in [4.78, 5) is 28.5. The summed E-state index contributed by atoms with van der Waals surface area (Å²) in [7, 11) is 0. The molecule has 0 aromatic heterocycles. The molecule has 0 aliphatic rings. The minimum absolute atomic E-state index is 0.361. The standard InChI is InChI=1S/C3H6N2O2.C2N2.CH4N2O/c4-2(6)1-3(5)7;3-1-2-4;2-1(3)4/h1H2,(H2,4,6)(H2,5,7);;(H4,2,3,4). The number of primary amides is 4. The van der Waals surface area contributed by atoms with Crippen LogP contribution >= 0.6 is 0 Å². The molecule has 15 heavy (non-hydrogen) atoms. The van der Waals surface area contributed by atoms with Crippen LogP contribution in [0.5, 0.6) is 0 Å². The first-order valence-electron chi connectivity index (χ1n) is 3.17. The summed E-state index contributed by atoms with van der Waals surface area (Å²) in [6.45, 7) is 0. The molecule has 0 heterocycles. The Morgan fingerprint density at radius 3 is 1.07 bits per heavy atom. The van der Waals surface area contributed by atoms with Gasteiger partial charge in [-0.15, -0.1) is 0 Å². The van der Waals surface area contributed by atoms with Crippen LogP contribution in [0.25, 0.3) is 0 Å². The normalized spacial score (nSPS) is 6.00. The number of rotatable bonds is 2. The number of hydrogen-bond donors (Lipinski definition) is 4. The highest BCUT2D eigenvalue weighted by molar-refractivity contribution is 5.95. The smallest absolute Gasteiger partial charge is 0.309 e. The molecule has 0 fully saturated rings. The van der Waals surface area contributed by atoms with Crippen molar-refractivity contribution in [3.63, 3.8) is 0 Å². The molecule has 0 spiro atoms. The monoisotopic (exact) mass is 214 g/mol. The van der Waals surface area contributed by atoms with Gasteiger partial charge in [-0.2, -0.15) is 10.5 Å². The average molecular weight is 214 g/mol. The molecular formula is C6H10N6O3. The highest BCUT2D eigenvalue weighted by Crippen LogP contribution is 1.68. The molecule has 0 atom stereocenters. The van der Waals surface area contributed by atoms with Gasteiger partial charge >= 0.3 is 6.03 Å². The van der Waals surface area contributed by atoms with E-state index in [1.807, 2.05) is 0 Å². The topological polar surface area (TPSA) is 203 Å². The van der Waals surface area contributed by atoms with E-state index in [4.69, 9.17) is 15.3 Å². The lowest BCUT2D eigenvalue weighted by molar-refractivity contribution is -0.125. The van der Waals surface area contributed by atoms with E-state index in [2.05, 4.69) is 22.9 Å². The molecule has 0 aromatic rings. The number of carbonyl (C=O) groups excluding carboxylic acids is 3. The molecule has 0 aromatic carbocycles. The molecule has 0 aliphatic heterocycles. The summed E-state index contributed by atoms with van der Waals surface area (Å²) in [5.41, 5.74) is 17.6. The van der Waals surface area contributed by atoms with E-state index in [9.17, 15) is 9.59 Å². The SMILES string of the molecule is N#CC#N.NC(=O)CC(N)=O.NC(N)=O. The third kappa shape index (κ3) is 197.